The summed E-state index contributed by atoms with van der Waals surface area (Å²) in [7, 11) is 0. The topological polar surface area (TPSA) is 37.3 Å². The van der Waals surface area contributed by atoms with E-state index < -0.39 is 41.1 Å². The summed E-state index contributed by atoms with van der Waals surface area (Å²) in [5, 5.41) is 9.14. The van der Waals surface area contributed by atoms with Crippen molar-refractivity contribution in [3.05, 3.63) is 34.6 Å². The van der Waals surface area contributed by atoms with Crippen molar-refractivity contribution in [3.63, 3.8) is 0 Å². The van der Waals surface area contributed by atoms with Crippen LogP contribution in [0.2, 0.25) is 5.02 Å². The molecular weight excluding hydrogens is 324 g/mol. The Balaban J connectivity index is 2.50. The molecule has 2 nitrogen and oxygen atoms in total. The highest BCUT2D eigenvalue weighted by molar-refractivity contribution is 6.30. The standard InChI is InChI=1S/C15H15ClF4O2/c1-7-12(13(21)22)9(6-14(7,2)15(18,19)20)8-3-4-11(17)10(16)5-8/h3-5,7,9,12H,6H2,1-2H3,(H,21,22)/t7-,9?,12-,14+/m1/s1. The zero-order valence-corrected chi connectivity index (χ0v) is 12.7. The van der Waals surface area contributed by atoms with Gasteiger partial charge in [-0.25, -0.2) is 4.39 Å². The minimum Gasteiger partial charge on any atom is -0.481 e. The molecule has 0 spiro atoms. The predicted molar refractivity (Wildman–Crippen MR) is 73.2 cm³/mol. The minimum absolute atomic E-state index is 0.227. The van der Waals surface area contributed by atoms with Gasteiger partial charge in [-0.3, -0.25) is 4.79 Å². The molecule has 0 aliphatic heterocycles. The van der Waals surface area contributed by atoms with Crippen molar-refractivity contribution in [2.75, 3.05) is 0 Å². The van der Waals surface area contributed by atoms with Crippen LogP contribution < -0.4 is 0 Å². The highest BCUT2D eigenvalue weighted by Crippen LogP contribution is 2.60. The van der Waals surface area contributed by atoms with E-state index in [2.05, 4.69) is 0 Å². The van der Waals surface area contributed by atoms with Crippen molar-refractivity contribution in [1.29, 1.82) is 0 Å². The summed E-state index contributed by atoms with van der Waals surface area (Å²) in [5.41, 5.74) is -1.79. The summed E-state index contributed by atoms with van der Waals surface area (Å²) in [6, 6.07) is 3.56. The van der Waals surface area contributed by atoms with Crippen LogP contribution >= 0.6 is 11.6 Å². The molecule has 22 heavy (non-hydrogen) atoms. The van der Waals surface area contributed by atoms with Gasteiger partial charge < -0.3 is 5.11 Å². The maximum atomic E-state index is 13.4. The van der Waals surface area contributed by atoms with Crippen LogP contribution in [0.15, 0.2) is 18.2 Å². The number of hydrogen-bond donors (Lipinski definition) is 1. The molecule has 1 aliphatic rings. The van der Waals surface area contributed by atoms with E-state index in [1.165, 1.54) is 19.1 Å². The molecule has 0 amide bonds. The van der Waals surface area contributed by atoms with Gasteiger partial charge >= 0.3 is 12.1 Å². The highest BCUT2D eigenvalue weighted by atomic mass is 35.5. The number of carboxylic acids is 1. The normalized spacial score (nSPS) is 32.2. The molecule has 1 aliphatic carbocycles. The summed E-state index contributed by atoms with van der Waals surface area (Å²) in [4.78, 5) is 11.5. The molecule has 0 bridgehead atoms. The van der Waals surface area contributed by atoms with Crippen LogP contribution in [0, 0.1) is 23.1 Å². The van der Waals surface area contributed by atoms with Gasteiger partial charge in [0.2, 0.25) is 0 Å². The molecule has 7 heteroatoms. The molecule has 1 saturated carbocycles. The number of benzene rings is 1. The van der Waals surface area contributed by atoms with Gasteiger partial charge in [-0.05, 0) is 36.0 Å². The molecule has 122 valence electrons. The van der Waals surface area contributed by atoms with E-state index >= 15 is 0 Å². The molecule has 0 saturated heterocycles. The number of halogens is 5. The predicted octanol–water partition coefficient (Wildman–Crippen LogP) is 4.87. The molecule has 1 N–H and O–H groups in total. The van der Waals surface area contributed by atoms with Crippen molar-refractivity contribution in [2.24, 2.45) is 17.3 Å². The first-order valence-corrected chi connectivity index (χ1v) is 7.11. The van der Waals surface area contributed by atoms with Gasteiger partial charge in [-0.1, -0.05) is 31.5 Å². The van der Waals surface area contributed by atoms with Crippen LogP contribution in [0.1, 0.15) is 31.7 Å². The fourth-order valence-corrected chi connectivity index (χ4v) is 3.53. The second-order valence-electron chi connectivity index (χ2n) is 6.05. The molecule has 1 unspecified atom stereocenters. The molecule has 0 radical (unpaired) electrons. The first-order valence-electron chi connectivity index (χ1n) is 6.73. The largest absolute Gasteiger partial charge is 0.481 e. The van der Waals surface area contributed by atoms with Gasteiger partial charge in [-0.15, -0.1) is 0 Å². The Kier molecular flexibility index (Phi) is 4.19. The first kappa shape index (κ1) is 17.1. The SMILES string of the molecule is C[C@@H]1[C@@H](C(=O)O)C(c2ccc(F)c(Cl)c2)C[C@]1(C)C(F)(F)F. The van der Waals surface area contributed by atoms with Crippen molar-refractivity contribution >= 4 is 17.6 Å². The number of alkyl halides is 3. The summed E-state index contributed by atoms with van der Waals surface area (Å²) in [6.45, 7) is 2.34. The molecule has 4 atom stereocenters. The number of carbonyl (C=O) groups is 1. The van der Waals surface area contributed by atoms with Gasteiger partial charge in [0.1, 0.15) is 5.82 Å². The van der Waals surface area contributed by atoms with Crippen LogP contribution in [-0.2, 0) is 4.79 Å². The van der Waals surface area contributed by atoms with Crippen LogP contribution in [0.25, 0.3) is 0 Å². The van der Waals surface area contributed by atoms with Gasteiger partial charge in [0.25, 0.3) is 0 Å². The van der Waals surface area contributed by atoms with E-state index in [0.29, 0.717) is 5.56 Å². The Morgan fingerprint density at radius 1 is 1.41 bits per heavy atom. The average Bonchev–Trinajstić information content (AvgIpc) is 2.66. The molecule has 1 fully saturated rings. The van der Waals surface area contributed by atoms with E-state index in [1.54, 1.807) is 0 Å². The van der Waals surface area contributed by atoms with Crippen LogP contribution in [0.5, 0.6) is 0 Å². The Bertz CT molecular complexity index is 602. The van der Waals surface area contributed by atoms with Crippen LogP contribution in [0.4, 0.5) is 17.6 Å². The Morgan fingerprint density at radius 2 is 2.00 bits per heavy atom. The first-order chi connectivity index (χ1) is 9.99. The maximum absolute atomic E-state index is 13.4. The van der Waals surface area contributed by atoms with E-state index in [4.69, 9.17) is 11.6 Å². The quantitative estimate of drug-likeness (QED) is 0.781. The second-order valence-corrected chi connectivity index (χ2v) is 6.46. The fraction of sp³-hybridized carbons (Fsp3) is 0.533. The van der Waals surface area contributed by atoms with Crippen molar-refractivity contribution < 1.29 is 27.5 Å². The summed E-state index contributed by atoms with van der Waals surface area (Å²) in [5.74, 6) is -5.14. The van der Waals surface area contributed by atoms with E-state index in [9.17, 15) is 27.5 Å². The number of carboxylic acid groups (broad SMARTS) is 1. The van der Waals surface area contributed by atoms with Crippen LogP contribution in [-0.4, -0.2) is 17.3 Å². The van der Waals surface area contributed by atoms with Crippen molar-refractivity contribution in [1.82, 2.24) is 0 Å². The smallest absolute Gasteiger partial charge is 0.394 e. The minimum atomic E-state index is -4.52. The highest BCUT2D eigenvalue weighted by Gasteiger charge is 2.63. The number of rotatable bonds is 2. The van der Waals surface area contributed by atoms with Gasteiger partial charge in [-0.2, -0.15) is 13.2 Å². The van der Waals surface area contributed by atoms with Gasteiger partial charge in [0.05, 0.1) is 16.4 Å². The summed E-state index contributed by atoms with van der Waals surface area (Å²) in [6.07, 6.45) is -4.88. The lowest BCUT2D eigenvalue weighted by molar-refractivity contribution is -0.230. The molecular formula is C15H15ClF4O2. The third-order valence-corrected chi connectivity index (χ3v) is 5.22. The number of hydrogen-bond acceptors (Lipinski definition) is 1. The second kappa shape index (κ2) is 5.41. The van der Waals surface area contributed by atoms with Gasteiger partial charge in [0, 0.05) is 0 Å². The molecule has 1 aromatic carbocycles. The molecule has 0 heterocycles. The number of aliphatic carboxylic acids is 1. The fourth-order valence-electron chi connectivity index (χ4n) is 3.34. The van der Waals surface area contributed by atoms with Crippen molar-refractivity contribution in [2.45, 2.75) is 32.4 Å². The zero-order valence-electron chi connectivity index (χ0n) is 11.9. The Hall–Kier alpha value is -1.30. The molecule has 1 aromatic rings. The maximum Gasteiger partial charge on any atom is 0.394 e. The van der Waals surface area contributed by atoms with Gasteiger partial charge in [0.15, 0.2) is 0 Å². The Morgan fingerprint density at radius 3 is 2.45 bits per heavy atom. The summed E-state index contributed by atoms with van der Waals surface area (Å²) >= 11 is 5.67. The van der Waals surface area contributed by atoms with Crippen LogP contribution in [0.3, 0.4) is 0 Å². The third kappa shape index (κ3) is 2.57. The lowest BCUT2D eigenvalue weighted by Crippen LogP contribution is -2.39. The van der Waals surface area contributed by atoms with E-state index in [-0.39, 0.29) is 11.4 Å². The average molecular weight is 339 g/mol. The lowest BCUT2D eigenvalue weighted by atomic mass is 9.77. The van der Waals surface area contributed by atoms with Crippen molar-refractivity contribution in [3.8, 4) is 0 Å². The molecule has 0 aromatic heterocycles. The van der Waals surface area contributed by atoms with E-state index in [1.807, 2.05) is 0 Å². The third-order valence-electron chi connectivity index (χ3n) is 4.93. The molecule has 2 rings (SSSR count). The lowest BCUT2D eigenvalue weighted by Gasteiger charge is -2.32. The Labute approximate surface area is 130 Å². The zero-order chi connectivity index (χ0) is 16.9. The summed E-state index contributed by atoms with van der Waals surface area (Å²) < 4.78 is 53.4. The van der Waals surface area contributed by atoms with E-state index in [0.717, 1.165) is 13.0 Å². The monoisotopic (exact) mass is 338 g/mol.